The molecule has 0 fully saturated rings. The molecule has 0 saturated carbocycles. The van der Waals surface area contributed by atoms with Crippen molar-refractivity contribution in [1.29, 1.82) is 0 Å². The average Bonchev–Trinajstić information content (AvgIpc) is 3.10. The van der Waals surface area contributed by atoms with E-state index in [2.05, 4.69) is 5.16 Å². The zero-order valence-electron chi connectivity index (χ0n) is 15.1. The Labute approximate surface area is 153 Å². The monoisotopic (exact) mass is 354 g/mol. The van der Waals surface area contributed by atoms with Gasteiger partial charge in [-0.2, -0.15) is 0 Å². The number of carbonyl (C=O) groups excluding carboxylic acids is 1. The van der Waals surface area contributed by atoms with Gasteiger partial charge in [0, 0.05) is 24.4 Å². The zero-order chi connectivity index (χ0) is 18.5. The van der Waals surface area contributed by atoms with Crippen molar-refractivity contribution in [1.82, 2.24) is 4.90 Å². The summed E-state index contributed by atoms with van der Waals surface area (Å²) in [5.41, 5.74) is 2.51. The summed E-state index contributed by atoms with van der Waals surface area (Å²) in [7, 11) is 0. The van der Waals surface area contributed by atoms with Gasteiger partial charge in [0.25, 0.3) is 0 Å². The van der Waals surface area contributed by atoms with Crippen molar-refractivity contribution in [2.24, 2.45) is 11.1 Å². The van der Waals surface area contributed by atoms with Crippen LogP contribution in [0.25, 0.3) is 0 Å². The first-order valence-corrected chi connectivity index (χ1v) is 8.84. The molecule has 0 unspecified atom stereocenters. The van der Waals surface area contributed by atoms with Crippen LogP contribution >= 0.6 is 0 Å². The van der Waals surface area contributed by atoms with Crippen LogP contribution in [0.1, 0.15) is 31.4 Å². The first-order chi connectivity index (χ1) is 12.5. The Morgan fingerprint density at radius 3 is 2.69 bits per heavy atom. The molecule has 0 aromatic heterocycles. The van der Waals surface area contributed by atoms with E-state index in [1.165, 1.54) is 12.1 Å². The van der Waals surface area contributed by atoms with E-state index < -0.39 is 0 Å². The molecule has 136 valence electrons. The van der Waals surface area contributed by atoms with E-state index >= 15 is 0 Å². The van der Waals surface area contributed by atoms with Crippen molar-refractivity contribution >= 4 is 11.6 Å². The Balaban J connectivity index is 1.67. The lowest BCUT2D eigenvalue weighted by atomic mass is 10.0. The molecule has 1 atom stereocenters. The number of hydrogen-bond donors (Lipinski definition) is 0. The third kappa shape index (κ3) is 4.48. The van der Waals surface area contributed by atoms with Crippen LogP contribution in [-0.2, 0) is 16.2 Å². The fourth-order valence-electron chi connectivity index (χ4n) is 3.01. The number of rotatable bonds is 6. The van der Waals surface area contributed by atoms with Crippen molar-refractivity contribution in [3.05, 3.63) is 71.5 Å². The van der Waals surface area contributed by atoms with Gasteiger partial charge in [-0.05, 0) is 17.7 Å². The maximum Gasteiger partial charge on any atom is 0.225 e. The standard InChI is InChI=1S/C21H23FN2O2/c1-15(2)21(25)24(13-16-7-4-3-5-8-16)14-19-12-20(23-26-19)17-9-6-10-18(22)11-17/h3-11,15,19H,12-14H2,1-2H3/t19-/m0/s1. The largest absolute Gasteiger partial charge is 0.390 e. The molecule has 2 aromatic rings. The highest BCUT2D eigenvalue weighted by atomic mass is 19.1. The van der Waals surface area contributed by atoms with E-state index in [4.69, 9.17) is 4.84 Å². The molecular weight excluding hydrogens is 331 g/mol. The van der Waals surface area contributed by atoms with Crippen LogP contribution < -0.4 is 0 Å². The molecule has 26 heavy (non-hydrogen) atoms. The topological polar surface area (TPSA) is 41.9 Å². The van der Waals surface area contributed by atoms with Gasteiger partial charge in [-0.1, -0.05) is 61.5 Å². The third-order valence-corrected chi connectivity index (χ3v) is 4.34. The molecule has 0 saturated heterocycles. The van der Waals surface area contributed by atoms with Crippen LogP contribution in [0, 0.1) is 11.7 Å². The van der Waals surface area contributed by atoms with Crippen molar-refractivity contribution in [3.8, 4) is 0 Å². The lowest BCUT2D eigenvalue weighted by Gasteiger charge is -2.26. The molecule has 2 aromatic carbocycles. The molecule has 0 bridgehead atoms. The fourth-order valence-corrected chi connectivity index (χ4v) is 3.01. The van der Waals surface area contributed by atoms with Gasteiger partial charge in [-0.15, -0.1) is 0 Å². The minimum absolute atomic E-state index is 0.0802. The smallest absolute Gasteiger partial charge is 0.225 e. The Morgan fingerprint density at radius 2 is 2.00 bits per heavy atom. The van der Waals surface area contributed by atoms with Crippen LogP contribution in [0.2, 0.25) is 0 Å². The molecule has 0 radical (unpaired) electrons. The van der Waals surface area contributed by atoms with Crippen LogP contribution in [0.15, 0.2) is 59.8 Å². The van der Waals surface area contributed by atoms with Crippen LogP contribution in [0.3, 0.4) is 0 Å². The fraction of sp³-hybridized carbons (Fsp3) is 0.333. The number of hydrogen-bond acceptors (Lipinski definition) is 3. The van der Waals surface area contributed by atoms with Gasteiger partial charge in [-0.3, -0.25) is 4.79 Å². The minimum atomic E-state index is -0.297. The lowest BCUT2D eigenvalue weighted by molar-refractivity contribution is -0.136. The third-order valence-electron chi connectivity index (χ3n) is 4.34. The van der Waals surface area contributed by atoms with Gasteiger partial charge < -0.3 is 9.74 Å². The van der Waals surface area contributed by atoms with E-state index in [9.17, 15) is 9.18 Å². The first-order valence-electron chi connectivity index (χ1n) is 8.84. The Bertz CT molecular complexity index is 790. The number of halogens is 1. The van der Waals surface area contributed by atoms with Crippen LogP contribution in [0.4, 0.5) is 4.39 Å². The van der Waals surface area contributed by atoms with E-state index in [1.807, 2.05) is 55.1 Å². The van der Waals surface area contributed by atoms with Crippen LogP contribution in [-0.4, -0.2) is 29.2 Å². The van der Waals surface area contributed by atoms with Gasteiger partial charge in [-0.25, -0.2) is 4.39 Å². The maximum atomic E-state index is 13.4. The number of oxime groups is 1. The molecule has 1 heterocycles. The molecular formula is C21H23FN2O2. The Hall–Kier alpha value is -2.69. The summed E-state index contributed by atoms with van der Waals surface area (Å²) in [5, 5.41) is 4.10. The summed E-state index contributed by atoms with van der Waals surface area (Å²) < 4.78 is 13.4. The number of nitrogens with zero attached hydrogens (tertiary/aromatic N) is 2. The normalized spacial score (nSPS) is 16.3. The summed E-state index contributed by atoms with van der Waals surface area (Å²) in [5.74, 6) is -0.310. The van der Waals surface area contributed by atoms with Gasteiger partial charge in [0.2, 0.25) is 5.91 Å². The molecule has 4 nitrogen and oxygen atoms in total. The number of benzene rings is 2. The second-order valence-corrected chi connectivity index (χ2v) is 6.84. The molecule has 0 spiro atoms. The molecule has 0 N–H and O–H groups in total. The average molecular weight is 354 g/mol. The van der Waals surface area contributed by atoms with Crippen LogP contribution in [0.5, 0.6) is 0 Å². The van der Waals surface area contributed by atoms with Crippen molar-refractivity contribution in [2.45, 2.75) is 32.9 Å². The van der Waals surface area contributed by atoms with Gasteiger partial charge in [0.1, 0.15) is 5.82 Å². The van der Waals surface area contributed by atoms with Gasteiger partial charge in [0.05, 0.1) is 12.3 Å². The van der Waals surface area contributed by atoms with Crippen molar-refractivity contribution in [2.75, 3.05) is 6.54 Å². The van der Waals surface area contributed by atoms with E-state index in [0.717, 1.165) is 11.1 Å². The summed E-state index contributed by atoms with van der Waals surface area (Å²) >= 11 is 0. The Morgan fingerprint density at radius 1 is 1.23 bits per heavy atom. The molecule has 1 aliphatic heterocycles. The molecule has 3 rings (SSSR count). The number of carbonyl (C=O) groups is 1. The summed E-state index contributed by atoms with van der Waals surface area (Å²) in [6.45, 7) is 4.77. The predicted molar refractivity (Wildman–Crippen MR) is 99.1 cm³/mol. The first kappa shape index (κ1) is 18.1. The molecule has 0 aliphatic carbocycles. The molecule has 5 heteroatoms. The van der Waals surface area contributed by atoms with E-state index in [0.29, 0.717) is 25.2 Å². The summed E-state index contributed by atoms with van der Waals surface area (Å²) in [4.78, 5) is 20.0. The minimum Gasteiger partial charge on any atom is -0.390 e. The quantitative estimate of drug-likeness (QED) is 0.787. The second kappa shape index (κ2) is 8.13. The van der Waals surface area contributed by atoms with E-state index in [1.54, 1.807) is 6.07 Å². The van der Waals surface area contributed by atoms with E-state index in [-0.39, 0.29) is 23.7 Å². The summed E-state index contributed by atoms with van der Waals surface area (Å²) in [6.07, 6.45) is 0.333. The van der Waals surface area contributed by atoms with Crippen molar-refractivity contribution < 1.29 is 14.0 Å². The highest BCUT2D eigenvalue weighted by Gasteiger charge is 2.27. The maximum absolute atomic E-state index is 13.4. The molecule has 1 aliphatic rings. The Kier molecular flexibility index (Phi) is 5.66. The SMILES string of the molecule is CC(C)C(=O)N(Cc1ccccc1)C[C@@H]1CC(c2cccc(F)c2)=NO1. The highest BCUT2D eigenvalue weighted by Crippen LogP contribution is 2.20. The second-order valence-electron chi connectivity index (χ2n) is 6.84. The molecule has 1 amide bonds. The van der Waals surface area contributed by atoms with Gasteiger partial charge in [0.15, 0.2) is 6.10 Å². The number of amides is 1. The lowest BCUT2D eigenvalue weighted by Crippen LogP contribution is -2.39. The predicted octanol–water partition coefficient (Wildman–Crippen LogP) is 4.00. The summed E-state index contributed by atoms with van der Waals surface area (Å²) in [6, 6.07) is 16.2. The van der Waals surface area contributed by atoms with Gasteiger partial charge >= 0.3 is 0 Å². The zero-order valence-corrected chi connectivity index (χ0v) is 15.1. The highest BCUT2D eigenvalue weighted by molar-refractivity contribution is 6.01. The van der Waals surface area contributed by atoms with Crippen molar-refractivity contribution in [3.63, 3.8) is 0 Å².